The summed E-state index contributed by atoms with van der Waals surface area (Å²) in [5, 5.41) is 10.7. The van der Waals surface area contributed by atoms with Gasteiger partial charge in [0.1, 0.15) is 17.3 Å². The van der Waals surface area contributed by atoms with E-state index in [0.29, 0.717) is 34.9 Å². The van der Waals surface area contributed by atoms with Gasteiger partial charge in [-0.15, -0.1) is 10.2 Å². The van der Waals surface area contributed by atoms with Crippen LogP contribution in [0.15, 0.2) is 46.2 Å². The largest absolute Gasteiger partial charge is 0.491 e. The summed E-state index contributed by atoms with van der Waals surface area (Å²) in [5.41, 5.74) is 0. The van der Waals surface area contributed by atoms with Crippen molar-refractivity contribution in [3.8, 4) is 5.75 Å². The van der Waals surface area contributed by atoms with E-state index in [1.165, 1.54) is 12.8 Å². The van der Waals surface area contributed by atoms with Gasteiger partial charge >= 0.3 is 0 Å². The lowest BCUT2D eigenvalue weighted by molar-refractivity contribution is 0.344. The van der Waals surface area contributed by atoms with E-state index in [2.05, 4.69) is 14.8 Å². The lowest BCUT2D eigenvalue weighted by Crippen LogP contribution is -2.07. The molecule has 0 atom stereocenters. The van der Waals surface area contributed by atoms with E-state index in [1.54, 1.807) is 36.2 Å². The fourth-order valence-corrected chi connectivity index (χ4v) is 3.86. The number of benzene rings is 1. The van der Waals surface area contributed by atoms with Gasteiger partial charge < -0.3 is 9.15 Å². The van der Waals surface area contributed by atoms with Crippen molar-refractivity contribution in [3.05, 3.63) is 58.2 Å². The first-order chi connectivity index (χ1) is 12.7. The van der Waals surface area contributed by atoms with Crippen LogP contribution >= 0.6 is 35.0 Å². The molecule has 26 heavy (non-hydrogen) atoms. The lowest BCUT2D eigenvalue weighted by Gasteiger charge is -2.10. The highest BCUT2D eigenvalue weighted by atomic mass is 35.5. The second-order valence-corrected chi connectivity index (χ2v) is 7.96. The molecule has 0 spiro atoms. The first kappa shape index (κ1) is 17.8. The fourth-order valence-electron chi connectivity index (χ4n) is 2.63. The third kappa shape index (κ3) is 4.19. The van der Waals surface area contributed by atoms with Crippen LogP contribution in [0.5, 0.6) is 5.75 Å². The average molecular weight is 410 g/mol. The van der Waals surface area contributed by atoms with Gasteiger partial charge in [-0.05, 0) is 43.2 Å². The Morgan fingerprint density at radius 1 is 1.23 bits per heavy atom. The van der Waals surface area contributed by atoms with Gasteiger partial charge in [-0.1, -0.05) is 35.0 Å². The molecule has 0 radical (unpaired) electrons. The highest BCUT2D eigenvalue weighted by Gasteiger charge is 2.30. The van der Waals surface area contributed by atoms with Crippen LogP contribution in [-0.2, 0) is 6.54 Å². The Kier molecular flexibility index (Phi) is 5.43. The first-order valence-corrected chi connectivity index (χ1v) is 10.1. The van der Waals surface area contributed by atoms with Crippen LogP contribution in [0, 0.1) is 0 Å². The normalized spacial score (nSPS) is 13.9. The third-order valence-electron chi connectivity index (χ3n) is 4.05. The average Bonchev–Trinajstić information content (AvgIpc) is 3.19. The van der Waals surface area contributed by atoms with Crippen molar-refractivity contribution in [3.63, 3.8) is 0 Å². The van der Waals surface area contributed by atoms with Crippen molar-refractivity contribution >= 4 is 35.0 Å². The predicted molar refractivity (Wildman–Crippen MR) is 102 cm³/mol. The number of hydrogen-bond acceptors (Lipinski definition) is 5. The minimum absolute atomic E-state index is 0.512. The number of halogens is 2. The van der Waals surface area contributed by atoms with Crippen LogP contribution in [0.4, 0.5) is 0 Å². The summed E-state index contributed by atoms with van der Waals surface area (Å²) in [6, 6.07) is 9.08. The highest BCUT2D eigenvalue weighted by molar-refractivity contribution is 7.99. The van der Waals surface area contributed by atoms with E-state index in [9.17, 15) is 0 Å². The number of nitrogens with zero attached hydrogens (tertiary/aromatic N) is 3. The molecule has 5 nitrogen and oxygen atoms in total. The number of rotatable bonds is 8. The first-order valence-electron chi connectivity index (χ1n) is 8.37. The smallest absolute Gasteiger partial charge is 0.191 e. The molecule has 136 valence electrons. The van der Waals surface area contributed by atoms with Crippen LogP contribution in [-0.4, -0.2) is 27.1 Å². The molecule has 3 aromatic rings. The molecule has 0 N–H and O–H groups in total. The van der Waals surface area contributed by atoms with Crippen LogP contribution in [0.25, 0.3) is 0 Å². The van der Waals surface area contributed by atoms with Gasteiger partial charge in [-0.3, -0.25) is 4.57 Å². The molecule has 1 aliphatic rings. The molecule has 1 aromatic carbocycles. The van der Waals surface area contributed by atoms with Crippen LogP contribution < -0.4 is 4.74 Å². The molecule has 1 aliphatic carbocycles. The van der Waals surface area contributed by atoms with Crippen molar-refractivity contribution in [1.82, 2.24) is 14.8 Å². The summed E-state index contributed by atoms with van der Waals surface area (Å²) in [7, 11) is 0. The van der Waals surface area contributed by atoms with E-state index < -0.39 is 0 Å². The Morgan fingerprint density at radius 2 is 2.12 bits per heavy atom. The van der Waals surface area contributed by atoms with Crippen molar-refractivity contribution in [2.75, 3.05) is 12.4 Å². The molecule has 4 rings (SSSR count). The number of furan rings is 1. The Balaban J connectivity index is 1.38. The summed E-state index contributed by atoms with van der Waals surface area (Å²) in [6.07, 6.45) is 4.05. The Hall–Kier alpha value is -1.63. The summed E-state index contributed by atoms with van der Waals surface area (Å²) in [5.74, 6) is 3.84. The Labute approximate surface area is 165 Å². The monoisotopic (exact) mass is 409 g/mol. The molecule has 1 saturated carbocycles. The molecule has 0 unspecified atom stereocenters. The van der Waals surface area contributed by atoms with E-state index in [4.69, 9.17) is 32.4 Å². The van der Waals surface area contributed by atoms with E-state index in [1.807, 2.05) is 12.1 Å². The molecule has 0 saturated heterocycles. The zero-order chi connectivity index (χ0) is 17.9. The van der Waals surface area contributed by atoms with Crippen LogP contribution in [0.1, 0.15) is 30.3 Å². The number of thioether (sulfide) groups is 1. The second kappa shape index (κ2) is 7.94. The Bertz CT molecular complexity index is 879. The SMILES string of the molecule is Clc1ccc(OCCSc2nnc(C3CC3)n2Cc2ccco2)c(Cl)c1. The maximum atomic E-state index is 6.12. The highest BCUT2D eigenvalue weighted by Crippen LogP contribution is 2.40. The topological polar surface area (TPSA) is 53.1 Å². The number of hydrogen-bond donors (Lipinski definition) is 0. The van der Waals surface area contributed by atoms with Gasteiger partial charge in [0.25, 0.3) is 0 Å². The zero-order valence-corrected chi connectivity index (χ0v) is 16.2. The summed E-state index contributed by atoms with van der Waals surface area (Å²) in [6.45, 7) is 1.16. The summed E-state index contributed by atoms with van der Waals surface area (Å²) >= 11 is 13.6. The number of ether oxygens (including phenoxy) is 1. The molecule has 1 fully saturated rings. The maximum Gasteiger partial charge on any atom is 0.191 e. The van der Waals surface area contributed by atoms with Gasteiger partial charge in [-0.25, -0.2) is 0 Å². The van der Waals surface area contributed by atoms with Gasteiger partial charge in [0, 0.05) is 16.7 Å². The number of aromatic nitrogens is 3. The summed E-state index contributed by atoms with van der Waals surface area (Å²) in [4.78, 5) is 0. The molecule has 0 amide bonds. The lowest BCUT2D eigenvalue weighted by atomic mass is 10.3. The molecule has 0 aliphatic heterocycles. The van der Waals surface area contributed by atoms with E-state index in [0.717, 1.165) is 22.5 Å². The van der Waals surface area contributed by atoms with Gasteiger partial charge in [-0.2, -0.15) is 0 Å². The molecular formula is C18H17Cl2N3O2S. The second-order valence-electron chi connectivity index (χ2n) is 6.05. The molecule has 2 aromatic heterocycles. The molecule has 0 bridgehead atoms. The van der Waals surface area contributed by atoms with Gasteiger partial charge in [0.15, 0.2) is 5.16 Å². The minimum atomic E-state index is 0.512. The quantitative estimate of drug-likeness (QED) is 0.374. The van der Waals surface area contributed by atoms with Crippen LogP contribution in [0.3, 0.4) is 0 Å². The standard InChI is InChI=1S/C18H17Cl2N3O2S/c19-13-5-6-16(15(20)10-13)25-8-9-26-18-22-21-17(12-3-4-12)23(18)11-14-2-1-7-24-14/h1-2,5-7,10,12H,3-4,8-9,11H2. The van der Waals surface area contributed by atoms with Crippen LogP contribution in [0.2, 0.25) is 10.0 Å². The summed E-state index contributed by atoms with van der Waals surface area (Å²) < 4.78 is 13.4. The van der Waals surface area contributed by atoms with E-state index in [-0.39, 0.29) is 0 Å². The van der Waals surface area contributed by atoms with Crippen molar-refractivity contribution in [2.24, 2.45) is 0 Å². The van der Waals surface area contributed by atoms with Crippen molar-refractivity contribution in [2.45, 2.75) is 30.5 Å². The third-order valence-corrected chi connectivity index (χ3v) is 5.51. The molecule has 8 heteroatoms. The maximum absolute atomic E-state index is 6.12. The Morgan fingerprint density at radius 3 is 2.85 bits per heavy atom. The zero-order valence-electron chi connectivity index (χ0n) is 13.9. The molecule has 2 heterocycles. The fraction of sp³-hybridized carbons (Fsp3) is 0.333. The van der Waals surface area contributed by atoms with Gasteiger partial charge in [0.2, 0.25) is 0 Å². The van der Waals surface area contributed by atoms with Crippen molar-refractivity contribution < 1.29 is 9.15 Å². The van der Waals surface area contributed by atoms with Crippen molar-refractivity contribution in [1.29, 1.82) is 0 Å². The minimum Gasteiger partial charge on any atom is -0.491 e. The predicted octanol–water partition coefficient (Wildman–Crippen LogP) is 5.27. The van der Waals surface area contributed by atoms with Gasteiger partial charge in [0.05, 0.1) is 24.4 Å². The van der Waals surface area contributed by atoms with E-state index >= 15 is 0 Å². The molecular weight excluding hydrogens is 393 g/mol.